The van der Waals surface area contributed by atoms with Crippen LogP contribution in [0.25, 0.3) is 0 Å². The lowest BCUT2D eigenvalue weighted by Gasteiger charge is -2.30. The zero-order chi connectivity index (χ0) is 15.0. The summed E-state index contributed by atoms with van der Waals surface area (Å²) < 4.78 is 40.4. The van der Waals surface area contributed by atoms with Crippen LogP contribution >= 0.6 is 0 Å². The number of hydrogen-bond acceptors (Lipinski definition) is 4. The topological polar surface area (TPSA) is 106 Å². The first-order valence-electron chi connectivity index (χ1n) is 4.86. The molecule has 0 radical (unpaired) electrons. The molecule has 0 fully saturated rings. The number of halogens is 3. The number of nitrogens with two attached hydrogens (primary N) is 1. The van der Waals surface area contributed by atoms with Crippen LogP contribution in [-0.4, -0.2) is 21.9 Å². The molecule has 1 aromatic carbocycles. The van der Waals surface area contributed by atoms with E-state index < -0.39 is 39.4 Å². The Balaban J connectivity index is 3.47. The molecule has 0 aliphatic rings. The molecule has 104 valence electrons. The summed E-state index contributed by atoms with van der Waals surface area (Å²) in [6.07, 6.45) is 0. The smallest absolute Gasteiger partial charge is 0.356 e. The van der Waals surface area contributed by atoms with Gasteiger partial charge in [-0.2, -0.15) is 8.78 Å². The number of nitro groups is 1. The Bertz CT molecular complexity index is 546. The number of benzene rings is 1. The second kappa shape index (κ2) is 4.50. The van der Waals surface area contributed by atoms with Crippen LogP contribution < -0.4 is 5.73 Å². The van der Waals surface area contributed by atoms with Gasteiger partial charge >= 0.3 is 5.92 Å². The van der Waals surface area contributed by atoms with Gasteiger partial charge in [0.05, 0.1) is 4.92 Å². The molecular weight excluding hydrogens is 269 g/mol. The van der Waals surface area contributed by atoms with Crippen molar-refractivity contribution in [1.82, 2.24) is 0 Å². The SMILES string of the molecule is C[C@@](O)(c1cc([N+](=O)[O-])ccc1F)C(F)(F)C(N)=O. The summed E-state index contributed by atoms with van der Waals surface area (Å²) >= 11 is 0. The number of nitro benzene ring substituents is 1. The van der Waals surface area contributed by atoms with Gasteiger partial charge in [0.15, 0.2) is 5.60 Å². The van der Waals surface area contributed by atoms with Crippen LogP contribution in [0.3, 0.4) is 0 Å². The summed E-state index contributed by atoms with van der Waals surface area (Å²) in [5, 5.41) is 20.2. The highest BCUT2D eigenvalue weighted by molar-refractivity contribution is 5.83. The van der Waals surface area contributed by atoms with Gasteiger partial charge in [0.2, 0.25) is 0 Å². The first-order chi connectivity index (χ1) is 8.51. The lowest BCUT2D eigenvalue weighted by Crippen LogP contribution is -2.52. The Hall–Kier alpha value is -2.16. The van der Waals surface area contributed by atoms with Crippen LogP contribution in [0.4, 0.5) is 18.9 Å². The molecule has 1 aromatic rings. The zero-order valence-electron chi connectivity index (χ0n) is 9.56. The minimum Gasteiger partial charge on any atom is -0.378 e. The Morgan fingerprint density at radius 1 is 1.47 bits per heavy atom. The van der Waals surface area contributed by atoms with Gasteiger partial charge in [0.1, 0.15) is 5.82 Å². The standard InChI is InChI=1S/C10H9F3N2O4/c1-9(17,10(12,13)8(14)16)6-4-5(15(18)19)2-3-7(6)11/h2-4,17H,1H3,(H2,14,16)/t9-/m1/s1. The lowest BCUT2D eigenvalue weighted by molar-refractivity contribution is -0.385. The van der Waals surface area contributed by atoms with Gasteiger partial charge in [-0.25, -0.2) is 4.39 Å². The molecule has 6 nitrogen and oxygen atoms in total. The number of nitrogens with zero attached hydrogens (tertiary/aromatic N) is 1. The maximum atomic E-state index is 13.5. The van der Waals surface area contributed by atoms with Crippen molar-refractivity contribution in [2.24, 2.45) is 5.73 Å². The largest absolute Gasteiger partial charge is 0.378 e. The molecule has 0 heterocycles. The number of hydrogen-bond donors (Lipinski definition) is 2. The van der Waals surface area contributed by atoms with Crippen molar-refractivity contribution in [3.8, 4) is 0 Å². The van der Waals surface area contributed by atoms with Gasteiger partial charge in [-0.15, -0.1) is 0 Å². The molecule has 0 aliphatic heterocycles. The number of alkyl halides is 2. The van der Waals surface area contributed by atoms with E-state index in [2.05, 4.69) is 5.73 Å². The van der Waals surface area contributed by atoms with Crippen LogP contribution in [0.5, 0.6) is 0 Å². The van der Waals surface area contributed by atoms with Gasteiger partial charge in [0.25, 0.3) is 11.6 Å². The van der Waals surface area contributed by atoms with E-state index >= 15 is 0 Å². The summed E-state index contributed by atoms with van der Waals surface area (Å²) in [6.45, 7) is 0.444. The molecular formula is C10H9F3N2O4. The molecule has 0 aliphatic carbocycles. The monoisotopic (exact) mass is 278 g/mol. The van der Waals surface area contributed by atoms with Gasteiger partial charge in [-0.05, 0) is 13.0 Å². The zero-order valence-corrected chi connectivity index (χ0v) is 9.56. The maximum absolute atomic E-state index is 13.5. The summed E-state index contributed by atoms with van der Waals surface area (Å²) in [6, 6.07) is 1.70. The van der Waals surface area contributed by atoms with Crippen LogP contribution in [0.1, 0.15) is 12.5 Å². The average Bonchev–Trinajstić information content (AvgIpc) is 2.28. The molecule has 0 saturated heterocycles. The van der Waals surface area contributed by atoms with E-state index in [1.165, 1.54) is 0 Å². The van der Waals surface area contributed by atoms with E-state index in [-0.39, 0.29) is 0 Å². The predicted octanol–water partition coefficient (Wildman–Crippen LogP) is 1.06. The number of carbonyl (C=O) groups is 1. The maximum Gasteiger partial charge on any atom is 0.356 e. The van der Waals surface area contributed by atoms with Crippen LogP contribution in [-0.2, 0) is 10.4 Å². The van der Waals surface area contributed by atoms with E-state index in [9.17, 15) is 33.2 Å². The molecule has 0 aromatic heterocycles. The Kier molecular flexibility index (Phi) is 3.53. The van der Waals surface area contributed by atoms with Gasteiger partial charge in [-0.1, -0.05) is 0 Å². The molecule has 1 rings (SSSR count). The Labute approximate surface area is 104 Å². The second-order valence-electron chi connectivity index (χ2n) is 3.93. The molecule has 1 atom stereocenters. The van der Waals surface area contributed by atoms with E-state index in [1.54, 1.807) is 0 Å². The van der Waals surface area contributed by atoms with E-state index in [0.29, 0.717) is 19.1 Å². The third-order valence-corrected chi connectivity index (χ3v) is 2.61. The van der Waals surface area contributed by atoms with Gasteiger partial charge in [-0.3, -0.25) is 14.9 Å². The van der Waals surface area contributed by atoms with Crippen molar-refractivity contribution >= 4 is 11.6 Å². The van der Waals surface area contributed by atoms with Crippen LogP contribution in [0.2, 0.25) is 0 Å². The molecule has 9 heteroatoms. The van der Waals surface area contributed by atoms with Crippen LogP contribution in [0, 0.1) is 15.9 Å². The highest BCUT2D eigenvalue weighted by Gasteiger charge is 2.56. The molecule has 3 N–H and O–H groups in total. The lowest BCUT2D eigenvalue weighted by atomic mass is 9.88. The van der Waals surface area contributed by atoms with E-state index in [0.717, 1.165) is 6.07 Å². The summed E-state index contributed by atoms with van der Waals surface area (Å²) in [4.78, 5) is 20.2. The highest BCUT2D eigenvalue weighted by atomic mass is 19.3. The molecule has 0 unspecified atom stereocenters. The number of aliphatic hydroxyl groups is 1. The first-order valence-corrected chi connectivity index (χ1v) is 4.86. The summed E-state index contributed by atoms with van der Waals surface area (Å²) in [7, 11) is 0. The average molecular weight is 278 g/mol. The fourth-order valence-electron chi connectivity index (χ4n) is 1.41. The quantitative estimate of drug-likeness (QED) is 0.634. The minimum atomic E-state index is -4.50. The van der Waals surface area contributed by atoms with Crippen molar-refractivity contribution in [3.05, 3.63) is 39.7 Å². The normalized spacial score (nSPS) is 14.8. The van der Waals surface area contributed by atoms with Gasteiger partial charge < -0.3 is 10.8 Å². The first kappa shape index (κ1) is 14.9. The molecule has 0 saturated carbocycles. The van der Waals surface area contributed by atoms with Crippen LogP contribution in [0.15, 0.2) is 18.2 Å². The van der Waals surface area contributed by atoms with Gasteiger partial charge in [0, 0.05) is 17.7 Å². The minimum absolute atomic E-state index is 0.423. The van der Waals surface area contributed by atoms with E-state index in [1.807, 2.05) is 0 Å². The fraction of sp³-hybridized carbons (Fsp3) is 0.300. The highest BCUT2D eigenvalue weighted by Crippen LogP contribution is 2.39. The molecule has 0 bridgehead atoms. The van der Waals surface area contributed by atoms with Crippen molar-refractivity contribution in [2.75, 3.05) is 0 Å². The predicted molar refractivity (Wildman–Crippen MR) is 56.8 cm³/mol. The third kappa shape index (κ3) is 2.36. The number of amides is 1. The van der Waals surface area contributed by atoms with Crippen molar-refractivity contribution < 1.29 is 28.0 Å². The second-order valence-corrected chi connectivity index (χ2v) is 3.93. The molecule has 19 heavy (non-hydrogen) atoms. The summed E-state index contributed by atoms with van der Waals surface area (Å²) in [5.41, 5.74) is -0.678. The Morgan fingerprint density at radius 3 is 2.42 bits per heavy atom. The van der Waals surface area contributed by atoms with E-state index in [4.69, 9.17) is 0 Å². The molecule has 0 spiro atoms. The number of carbonyl (C=O) groups excluding carboxylic acids is 1. The number of rotatable bonds is 4. The molecule has 1 amide bonds. The Morgan fingerprint density at radius 2 is 2.00 bits per heavy atom. The number of primary amides is 1. The van der Waals surface area contributed by atoms with Crippen molar-refractivity contribution in [3.63, 3.8) is 0 Å². The van der Waals surface area contributed by atoms with Crippen molar-refractivity contribution in [1.29, 1.82) is 0 Å². The third-order valence-electron chi connectivity index (χ3n) is 2.61. The fourth-order valence-corrected chi connectivity index (χ4v) is 1.41. The number of non-ortho nitro benzene ring substituents is 1. The van der Waals surface area contributed by atoms with Crippen molar-refractivity contribution in [2.45, 2.75) is 18.4 Å². The summed E-state index contributed by atoms with van der Waals surface area (Å²) in [5.74, 6) is -8.00.